The number of hydrogen-bond donors (Lipinski definition) is 0. The van der Waals surface area contributed by atoms with E-state index in [9.17, 15) is 17.2 Å². The number of fused-ring (bicyclic) bond motifs is 4. The summed E-state index contributed by atoms with van der Waals surface area (Å²) in [5, 5.41) is 0. The van der Waals surface area contributed by atoms with Crippen LogP contribution < -0.4 is 4.74 Å². The molecule has 0 spiro atoms. The highest BCUT2D eigenvalue weighted by molar-refractivity contribution is 7.88. The number of rotatable bonds is 5. The van der Waals surface area contributed by atoms with Gasteiger partial charge in [0.25, 0.3) is 0 Å². The molecule has 0 saturated carbocycles. The van der Waals surface area contributed by atoms with Gasteiger partial charge in [0.05, 0.1) is 24.3 Å². The zero-order valence-electron chi connectivity index (χ0n) is 19.7. The second-order valence-corrected chi connectivity index (χ2v) is 11.1. The van der Waals surface area contributed by atoms with Gasteiger partial charge in [0.2, 0.25) is 10.0 Å². The minimum atomic E-state index is -3.36. The van der Waals surface area contributed by atoms with Crippen LogP contribution >= 0.6 is 0 Å². The molecule has 0 fully saturated rings. The van der Waals surface area contributed by atoms with Gasteiger partial charge in [0, 0.05) is 42.9 Å². The van der Waals surface area contributed by atoms with Gasteiger partial charge in [-0.1, -0.05) is 30.3 Å². The molecule has 2 aromatic carbocycles. The molecule has 11 heteroatoms. The molecule has 2 aliphatic rings. The highest BCUT2D eigenvalue weighted by Crippen LogP contribution is 2.39. The molecule has 4 heterocycles. The van der Waals surface area contributed by atoms with Gasteiger partial charge in [-0.2, -0.15) is 13.1 Å². The zero-order chi connectivity index (χ0) is 25.9. The van der Waals surface area contributed by atoms with E-state index < -0.39 is 28.6 Å². The van der Waals surface area contributed by atoms with Gasteiger partial charge < -0.3 is 9.47 Å². The van der Waals surface area contributed by atoms with Crippen molar-refractivity contribution >= 4 is 15.7 Å². The summed E-state index contributed by atoms with van der Waals surface area (Å²) in [6, 6.07) is 13.1. The molecule has 192 valence electrons. The quantitative estimate of drug-likeness (QED) is 0.376. The molecule has 0 N–H and O–H groups in total. The Hall–Kier alpha value is -3.41. The van der Waals surface area contributed by atoms with Gasteiger partial charge in [-0.25, -0.2) is 17.8 Å². The number of pyridine rings is 1. The molecule has 0 unspecified atom stereocenters. The molecule has 0 radical (unpaired) electrons. The highest BCUT2D eigenvalue weighted by atomic mass is 32.2. The largest absolute Gasteiger partial charge is 0.434 e. The first-order valence-electron chi connectivity index (χ1n) is 11.6. The third kappa shape index (κ3) is 4.26. The Morgan fingerprint density at radius 1 is 1.11 bits per heavy atom. The average Bonchev–Trinajstić information content (AvgIpc) is 3.44. The second-order valence-electron chi connectivity index (χ2n) is 9.14. The standard InChI is InChI=1S/C26H22F3N3O4S/c1-37(33,34)31-12-16-7-6-15(10-17(16)13-31)19-14-32-23(11-20(19)27)30-21-8-9-35-25(24(21)32)18-4-2-3-5-22(18)36-26(28)29/h2-7,10-11,14,25-26H,8-9,12-13H2,1H3/t25-/m1/s1. The lowest BCUT2D eigenvalue weighted by molar-refractivity contribution is -0.0522. The maximum atomic E-state index is 15.3. The van der Waals surface area contributed by atoms with Crippen molar-refractivity contribution in [3.8, 4) is 16.9 Å². The molecule has 4 aromatic rings. The van der Waals surface area contributed by atoms with Crippen molar-refractivity contribution in [3.63, 3.8) is 0 Å². The van der Waals surface area contributed by atoms with E-state index in [0.29, 0.717) is 46.8 Å². The van der Waals surface area contributed by atoms with Crippen LogP contribution in [0.15, 0.2) is 54.7 Å². The average molecular weight is 530 g/mol. The number of imidazole rings is 1. The number of ether oxygens (including phenoxy) is 2. The van der Waals surface area contributed by atoms with Crippen molar-refractivity contribution in [1.29, 1.82) is 0 Å². The Balaban J connectivity index is 1.45. The Morgan fingerprint density at radius 3 is 2.68 bits per heavy atom. The maximum absolute atomic E-state index is 15.3. The van der Waals surface area contributed by atoms with Gasteiger partial charge in [-0.05, 0) is 28.8 Å². The summed E-state index contributed by atoms with van der Waals surface area (Å²) < 4.78 is 79.3. The summed E-state index contributed by atoms with van der Waals surface area (Å²) in [4.78, 5) is 4.59. The summed E-state index contributed by atoms with van der Waals surface area (Å²) in [5.41, 5.74) is 4.69. The fourth-order valence-corrected chi connectivity index (χ4v) is 5.81. The van der Waals surface area contributed by atoms with Crippen LogP contribution in [0.3, 0.4) is 0 Å². The van der Waals surface area contributed by atoms with E-state index in [2.05, 4.69) is 4.98 Å². The lowest BCUT2D eigenvalue weighted by atomic mass is 10.00. The van der Waals surface area contributed by atoms with Gasteiger partial charge >= 0.3 is 6.61 Å². The van der Waals surface area contributed by atoms with Crippen molar-refractivity contribution in [3.05, 3.63) is 88.6 Å². The molecule has 2 aromatic heterocycles. The van der Waals surface area contributed by atoms with Gasteiger partial charge in [0.1, 0.15) is 23.3 Å². The minimum Gasteiger partial charge on any atom is -0.434 e. The molecule has 0 aliphatic carbocycles. The fourth-order valence-electron chi connectivity index (χ4n) is 5.06. The normalized spacial score (nSPS) is 17.8. The van der Waals surface area contributed by atoms with Crippen LogP contribution in [0.4, 0.5) is 13.2 Å². The first kappa shape index (κ1) is 24.0. The van der Waals surface area contributed by atoms with E-state index in [4.69, 9.17) is 9.47 Å². The Morgan fingerprint density at radius 2 is 1.89 bits per heavy atom. The van der Waals surface area contributed by atoms with E-state index in [1.807, 2.05) is 6.07 Å². The van der Waals surface area contributed by atoms with Gasteiger partial charge in [0.15, 0.2) is 0 Å². The first-order chi connectivity index (χ1) is 17.7. The molecule has 0 amide bonds. The van der Waals surface area contributed by atoms with Crippen molar-refractivity contribution in [2.75, 3.05) is 12.9 Å². The van der Waals surface area contributed by atoms with Crippen LogP contribution in [-0.2, 0) is 34.3 Å². The molecule has 0 bridgehead atoms. The third-order valence-electron chi connectivity index (χ3n) is 6.79. The predicted molar refractivity (Wildman–Crippen MR) is 129 cm³/mol. The summed E-state index contributed by atoms with van der Waals surface area (Å²) in [6.07, 6.45) is 2.54. The van der Waals surface area contributed by atoms with E-state index in [-0.39, 0.29) is 18.8 Å². The molecule has 2 aliphatic heterocycles. The number of halogens is 3. The summed E-state index contributed by atoms with van der Waals surface area (Å²) in [7, 11) is -3.36. The van der Waals surface area contributed by atoms with E-state index in [1.54, 1.807) is 40.9 Å². The molecule has 1 atom stereocenters. The van der Waals surface area contributed by atoms with Crippen LogP contribution in [0.5, 0.6) is 5.75 Å². The van der Waals surface area contributed by atoms with Crippen LogP contribution in [0, 0.1) is 5.82 Å². The van der Waals surface area contributed by atoms with Crippen molar-refractivity contribution in [2.24, 2.45) is 0 Å². The number of hydrogen-bond acceptors (Lipinski definition) is 5. The smallest absolute Gasteiger partial charge is 0.387 e. The minimum absolute atomic E-state index is 0.00156. The number of benzene rings is 2. The molecular formula is C26H22F3N3O4S. The van der Waals surface area contributed by atoms with Crippen LogP contribution in [0.25, 0.3) is 16.8 Å². The van der Waals surface area contributed by atoms with Crippen molar-refractivity contribution < 1.29 is 31.1 Å². The monoisotopic (exact) mass is 529 g/mol. The number of alkyl halides is 2. The van der Waals surface area contributed by atoms with Crippen molar-refractivity contribution in [2.45, 2.75) is 32.2 Å². The predicted octanol–water partition coefficient (Wildman–Crippen LogP) is 4.68. The fraction of sp³-hybridized carbons (Fsp3) is 0.269. The Kier molecular flexibility index (Phi) is 5.74. The highest BCUT2D eigenvalue weighted by Gasteiger charge is 2.31. The van der Waals surface area contributed by atoms with E-state index >= 15 is 4.39 Å². The lowest BCUT2D eigenvalue weighted by Gasteiger charge is -2.25. The molecule has 37 heavy (non-hydrogen) atoms. The molecule has 6 rings (SSSR count). The molecular weight excluding hydrogens is 507 g/mol. The van der Waals surface area contributed by atoms with Crippen molar-refractivity contribution in [1.82, 2.24) is 13.7 Å². The Labute approximate surface area is 211 Å². The maximum Gasteiger partial charge on any atom is 0.387 e. The summed E-state index contributed by atoms with van der Waals surface area (Å²) in [6.45, 7) is -2.17. The zero-order valence-corrected chi connectivity index (χ0v) is 20.5. The second kappa shape index (κ2) is 8.86. The molecule has 7 nitrogen and oxygen atoms in total. The van der Waals surface area contributed by atoms with Crippen LogP contribution in [0.1, 0.15) is 34.2 Å². The van der Waals surface area contributed by atoms with E-state index in [0.717, 1.165) is 11.1 Å². The number of para-hydroxylation sites is 1. The van der Waals surface area contributed by atoms with Crippen LogP contribution in [0.2, 0.25) is 0 Å². The number of aromatic nitrogens is 2. The van der Waals surface area contributed by atoms with E-state index in [1.165, 1.54) is 22.7 Å². The van der Waals surface area contributed by atoms with Gasteiger partial charge in [-0.15, -0.1) is 0 Å². The van der Waals surface area contributed by atoms with Gasteiger partial charge in [-0.3, -0.25) is 4.40 Å². The summed E-state index contributed by atoms with van der Waals surface area (Å²) in [5.74, 6) is -0.478. The first-order valence-corrected chi connectivity index (χ1v) is 13.5. The van der Waals surface area contributed by atoms with Crippen LogP contribution in [-0.4, -0.2) is 41.6 Å². The number of nitrogens with zero attached hydrogens (tertiary/aromatic N) is 3. The third-order valence-corrected chi connectivity index (χ3v) is 7.99. The number of sulfonamides is 1. The SMILES string of the molecule is CS(=O)(=O)N1Cc2ccc(-c3cn4c5c(nc4cc3F)CCO[C@@H]5c3ccccc3OC(F)F)cc2C1. The topological polar surface area (TPSA) is 73.1 Å². The lowest BCUT2D eigenvalue weighted by Crippen LogP contribution is -2.23. The molecule has 0 saturated heterocycles. The Bertz CT molecular complexity index is 1640. The summed E-state index contributed by atoms with van der Waals surface area (Å²) >= 11 is 0.